The van der Waals surface area contributed by atoms with E-state index in [2.05, 4.69) is 20.4 Å². The monoisotopic (exact) mass is 276 g/mol. The van der Waals surface area contributed by atoms with Crippen molar-refractivity contribution >= 4 is 0 Å². The lowest BCUT2D eigenvalue weighted by atomic mass is 9.98. The van der Waals surface area contributed by atoms with E-state index in [0.29, 0.717) is 18.2 Å². The summed E-state index contributed by atoms with van der Waals surface area (Å²) in [6, 6.07) is 1.10. The molecular weight excluding hydrogens is 257 g/mol. The van der Waals surface area contributed by atoms with E-state index in [1.54, 1.807) is 0 Å². The fraction of sp³-hybridized carbons (Fsp3) is 0.750. The van der Waals surface area contributed by atoms with Crippen LogP contribution in [0.3, 0.4) is 0 Å². The zero-order valence-corrected chi connectivity index (χ0v) is 10.9. The number of nitrogens with one attached hydrogen (secondary N) is 2. The molecule has 1 aliphatic heterocycles. The molecule has 1 aliphatic rings. The molecule has 0 saturated carbocycles. The molecule has 0 aliphatic carbocycles. The average Bonchev–Trinajstić information content (AvgIpc) is 2.78. The molecule has 4 nitrogen and oxygen atoms in total. The van der Waals surface area contributed by atoms with Crippen molar-refractivity contribution in [1.29, 1.82) is 0 Å². The van der Waals surface area contributed by atoms with Crippen LogP contribution >= 0.6 is 0 Å². The Morgan fingerprint density at radius 2 is 2.32 bits per heavy atom. The van der Waals surface area contributed by atoms with Gasteiger partial charge in [0.05, 0.1) is 0 Å². The third kappa shape index (κ3) is 3.94. The summed E-state index contributed by atoms with van der Waals surface area (Å²) >= 11 is 0. The van der Waals surface area contributed by atoms with Gasteiger partial charge in [0.1, 0.15) is 0 Å². The minimum atomic E-state index is -4.37. The zero-order valence-electron chi connectivity index (χ0n) is 10.9. The molecule has 2 heterocycles. The standard InChI is InChI=1S/C12H19F3N4/c1-16-6-9-3-2-4-19(7-9)8-10-5-11(18-17-10)12(13,14)15/h5,9,16H,2-4,6-8H2,1H3,(H,17,18). The topological polar surface area (TPSA) is 44.0 Å². The van der Waals surface area contributed by atoms with E-state index >= 15 is 0 Å². The second kappa shape index (κ2) is 5.92. The van der Waals surface area contributed by atoms with Gasteiger partial charge in [0.15, 0.2) is 5.69 Å². The predicted octanol–water partition coefficient (Wildman–Crippen LogP) is 1.86. The summed E-state index contributed by atoms with van der Waals surface area (Å²) in [5.74, 6) is 0.573. The van der Waals surface area contributed by atoms with E-state index < -0.39 is 11.9 Å². The fourth-order valence-electron chi connectivity index (χ4n) is 2.58. The fourth-order valence-corrected chi connectivity index (χ4v) is 2.58. The molecule has 108 valence electrons. The van der Waals surface area contributed by atoms with Crippen LogP contribution in [0, 0.1) is 5.92 Å². The second-order valence-electron chi connectivity index (χ2n) is 5.08. The maximum absolute atomic E-state index is 12.4. The first kappa shape index (κ1) is 14.3. The number of aromatic nitrogens is 2. The van der Waals surface area contributed by atoms with Crippen molar-refractivity contribution < 1.29 is 13.2 Å². The summed E-state index contributed by atoms with van der Waals surface area (Å²) in [6.07, 6.45) is -2.11. The number of nitrogens with zero attached hydrogens (tertiary/aromatic N) is 2. The second-order valence-corrected chi connectivity index (χ2v) is 5.08. The first-order chi connectivity index (χ1) is 8.99. The number of aromatic amines is 1. The minimum absolute atomic E-state index is 0.503. The van der Waals surface area contributed by atoms with Gasteiger partial charge in [0.25, 0.3) is 0 Å². The Hall–Kier alpha value is -1.08. The summed E-state index contributed by atoms with van der Waals surface area (Å²) in [6.45, 7) is 3.30. The molecule has 0 aromatic carbocycles. The van der Waals surface area contributed by atoms with Gasteiger partial charge in [-0.2, -0.15) is 18.3 Å². The highest BCUT2D eigenvalue weighted by Crippen LogP contribution is 2.28. The van der Waals surface area contributed by atoms with E-state index in [4.69, 9.17) is 0 Å². The van der Waals surface area contributed by atoms with E-state index in [1.807, 2.05) is 7.05 Å². The molecular formula is C12H19F3N4. The summed E-state index contributed by atoms with van der Waals surface area (Å²) < 4.78 is 37.3. The van der Waals surface area contributed by atoms with Crippen LogP contribution in [0.4, 0.5) is 13.2 Å². The lowest BCUT2D eigenvalue weighted by Crippen LogP contribution is -2.38. The maximum Gasteiger partial charge on any atom is 0.435 e. The Bertz CT molecular complexity index is 400. The molecule has 0 bridgehead atoms. The Morgan fingerprint density at radius 3 is 2.95 bits per heavy atom. The zero-order chi connectivity index (χ0) is 13.9. The molecule has 2 rings (SSSR count). The lowest BCUT2D eigenvalue weighted by Gasteiger charge is -2.32. The Morgan fingerprint density at radius 1 is 1.53 bits per heavy atom. The molecule has 1 aromatic heterocycles. The minimum Gasteiger partial charge on any atom is -0.319 e. The normalized spacial score (nSPS) is 21.8. The lowest BCUT2D eigenvalue weighted by molar-refractivity contribution is -0.141. The van der Waals surface area contributed by atoms with Gasteiger partial charge in [-0.05, 0) is 45.0 Å². The largest absolute Gasteiger partial charge is 0.435 e. The molecule has 19 heavy (non-hydrogen) atoms. The summed E-state index contributed by atoms with van der Waals surface area (Å²) in [7, 11) is 1.92. The van der Waals surface area contributed by atoms with Crippen molar-refractivity contribution in [3.8, 4) is 0 Å². The molecule has 0 spiro atoms. The average molecular weight is 276 g/mol. The van der Waals surface area contributed by atoms with E-state index in [9.17, 15) is 13.2 Å². The molecule has 1 fully saturated rings. The van der Waals surface area contributed by atoms with Crippen LogP contribution in [0.2, 0.25) is 0 Å². The van der Waals surface area contributed by atoms with Gasteiger partial charge < -0.3 is 5.32 Å². The summed E-state index contributed by atoms with van der Waals surface area (Å²) in [5.41, 5.74) is -0.316. The molecule has 7 heteroatoms. The molecule has 1 unspecified atom stereocenters. The van der Waals surface area contributed by atoms with Crippen LogP contribution in [-0.2, 0) is 12.7 Å². The number of hydrogen-bond donors (Lipinski definition) is 2. The van der Waals surface area contributed by atoms with Crippen molar-refractivity contribution in [2.75, 3.05) is 26.7 Å². The molecule has 0 radical (unpaired) electrons. The maximum atomic E-state index is 12.4. The Kier molecular flexibility index (Phi) is 4.46. The Labute approximate surface area is 110 Å². The van der Waals surface area contributed by atoms with Crippen LogP contribution in [-0.4, -0.2) is 41.8 Å². The van der Waals surface area contributed by atoms with E-state index in [0.717, 1.165) is 32.1 Å². The van der Waals surface area contributed by atoms with Gasteiger partial charge in [0.2, 0.25) is 0 Å². The highest BCUT2D eigenvalue weighted by atomic mass is 19.4. The number of halogens is 3. The van der Waals surface area contributed by atoms with Gasteiger partial charge in [-0.25, -0.2) is 0 Å². The molecule has 1 saturated heterocycles. The van der Waals surface area contributed by atoms with Gasteiger partial charge in [-0.15, -0.1) is 0 Å². The number of likely N-dealkylation sites (tertiary alicyclic amines) is 1. The van der Waals surface area contributed by atoms with Crippen molar-refractivity contribution in [1.82, 2.24) is 20.4 Å². The highest BCUT2D eigenvalue weighted by Gasteiger charge is 2.34. The van der Waals surface area contributed by atoms with Crippen molar-refractivity contribution in [2.45, 2.75) is 25.6 Å². The van der Waals surface area contributed by atoms with E-state index in [-0.39, 0.29) is 0 Å². The third-order valence-corrected chi connectivity index (χ3v) is 3.41. The number of hydrogen-bond acceptors (Lipinski definition) is 3. The third-order valence-electron chi connectivity index (χ3n) is 3.41. The van der Waals surface area contributed by atoms with Crippen molar-refractivity contribution in [3.05, 3.63) is 17.5 Å². The molecule has 1 atom stereocenters. The van der Waals surface area contributed by atoms with Crippen molar-refractivity contribution in [3.63, 3.8) is 0 Å². The van der Waals surface area contributed by atoms with Crippen LogP contribution in [0.25, 0.3) is 0 Å². The number of H-pyrrole nitrogens is 1. The van der Waals surface area contributed by atoms with Gasteiger partial charge in [0, 0.05) is 18.8 Å². The SMILES string of the molecule is CNCC1CCCN(Cc2cc(C(F)(F)F)n[nH]2)C1. The first-order valence-corrected chi connectivity index (χ1v) is 6.47. The van der Waals surface area contributed by atoms with Crippen LogP contribution in [0.5, 0.6) is 0 Å². The predicted molar refractivity (Wildman–Crippen MR) is 65.5 cm³/mol. The summed E-state index contributed by atoms with van der Waals surface area (Å²) in [4.78, 5) is 2.18. The van der Waals surface area contributed by atoms with Gasteiger partial charge in [-0.3, -0.25) is 10.00 Å². The van der Waals surface area contributed by atoms with Gasteiger partial charge in [-0.1, -0.05) is 0 Å². The van der Waals surface area contributed by atoms with Gasteiger partial charge >= 0.3 is 6.18 Å². The highest BCUT2D eigenvalue weighted by molar-refractivity contribution is 5.11. The number of piperidine rings is 1. The van der Waals surface area contributed by atoms with Crippen LogP contribution in [0.1, 0.15) is 24.2 Å². The first-order valence-electron chi connectivity index (χ1n) is 6.47. The molecule has 0 amide bonds. The van der Waals surface area contributed by atoms with Crippen molar-refractivity contribution in [2.24, 2.45) is 5.92 Å². The number of alkyl halides is 3. The molecule has 1 aromatic rings. The van der Waals surface area contributed by atoms with Crippen LogP contribution < -0.4 is 5.32 Å². The molecule has 2 N–H and O–H groups in total. The number of rotatable bonds is 4. The Balaban J connectivity index is 1.92. The quantitative estimate of drug-likeness (QED) is 0.882. The van der Waals surface area contributed by atoms with Crippen LogP contribution in [0.15, 0.2) is 6.07 Å². The summed E-state index contributed by atoms with van der Waals surface area (Å²) in [5, 5.41) is 8.95. The van der Waals surface area contributed by atoms with E-state index in [1.165, 1.54) is 6.42 Å². The smallest absolute Gasteiger partial charge is 0.319 e.